The van der Waals surface area contributed by atoms with Gasteiger partial charge in [-0.05, 0) is 23.8 Å². The van der Waals surface area contributed by atoms with E-state index in [2.05, 4.69) is 40.7 Å². The number of carbonyl (C=O) groups excluding carboxylic acids is 1. The van der Waals surface area contributed by atoms with Crippen LogP contribution >= 0.6 is 24.8 Å². The number of thiol groups is 1. The predicted molar refractivity (Wildman–Crippen MR) is 85.5 cm³/mol. The van der Waals surface area contributed by atoms with Crippen molar-refractivity contribution in [2.24, 2.45) is 0 Å². The molecule has 2 rings (SSSR count). The number of pyridine rings is 1. The van der Waals surface area contributed by atoms with Crippen molar-refractivity contribution in [2.75, 3.05) is 0 Å². The van der Waals surface area contributed by atoms with Crippen molar-refractivity contribution in [3.63, 3.8) is 0 Å². The fourth-order valence-corrected chi connectivity index (χ4v) is 1.69. The van der Waals surface area contributed by atoms with Crippen molar-refractivity contribution in [3.05, 3.63) is 42.1 Å². The Bertz CT molecular complexity index is 606. The molecule has 2 aromatic rings. The first kappa shape index (κ1) is 17.0. The summed E-state index contributed by atoms with van der Waals surface area (Å²) < 4.78 is 0.228. The second-order valence-corrected chi connectivity index (χ2v) is 4.84. The standard InChI is InChI=1S/C12H11N3OS2.K.H/c16-11(14-15-12(17)18)7-8-3-4-10-9(6-8)2-1-5-13-10;;/h1-6H,7H2,(H,14,16)(H2,15,17,18);;. The molecular formula is C12H12KN3OS2. The summed E-state index contributed by atoms with van der Waals surface area (Å²) >= 11 is 8.52. The van der Waals surface area contributed by atoms with Gasteiger partial charge in [0.25, 0.3) is 0 Å². The normalized spacial score (nSPS) is 9.53. The van der Waals surface area contributed by atoms with Gasteiger partial charge in [-0.2, -0.15) is 0 Å². The molecule has 0 saturated heterocycles. The Morgan fingerprint density at radius 3 is 2.84 bits per heavy atom. The summed E-state index contributed by atoms with van der Waals surface area (Å²) in [5, 5.41) is 1.01. The molecule has 0 aliphatic heterocycles. The molecule has 19 heavy (non-hydrogen) atoms. The van der Waals surface area contributed by atoms with Crippen LogP contribution in [0.2, 0.25) is 0 Å². The number of benzene rings is 1. The summed E-state index contributed by atoms with van der Waals surface area (Å²) in [7, 11) is 0. The Kier molecular flexibility index (Phi) is 7.44. The van der Waals surface area contributed by atoms with Crippen LogP contribution in [0.3, 0.4) is 0 Å². The summed E-state index contributed by atoms with van der Waals surface area (Å²) in [5.74, 6) is -0.172. The fraction of sp³-hybridized carbons (Fsp3) is 0.0833. The monoisotopic (exact) mass is 317 g/mol. The van der Waals surface area contributed by atoms with Gasteiger partial charge in [0, 0.05) is 11.6 Å². The van der Waals surface area contributed by atoms with Gasteiger partial charge in [0.2, 0.25) is 5.91 Å². The average molecular weight is 317 g/mol. The molecule has 1 aromatic heterocycles. The number of fused-ring (bicyclic) bond motifs is 1. The number of thiocarbonyl (C=S) groups is 1. The maximum absolute atomic E-state index is 11.6. The molecule has 0 bridgehead atoms. The van der Waals surface area contributed by atoms with Gasteiger partial charge in [0.1, 0.15) is 4.32 Å². The summed E-state index contributed by atoms with van der Waals surface area (Å²) in [4.78, 5) is 15.8. The summed E-state index contributed by atoms with van der Waals surface area (Å²) in [6.07, 6.45) is 2.01. The van der Waals surface area contributed by atoms with Gasteiger partial charge in [0.15, 0.2) is 0 Å². The van der Waals surface area contributed by atoms with Gasteiger partial charge in [-0.25, -0.2) is 0 Å². The molecule has 0 fully saturated rings. The molecule has 0 atom stereocenters. The first-order valence-electron chi connectivity index (χ1n) is 5.26. The third-order valence-electron chi connectivity index (χ3n) is 2.34. The van der Waals surface area contributed by atoms with Gasteiger partial charge >= 0.3 is 51.4 Å². The molecule has 0 spiro atoms. The number of aromatic nitrogens is 1. The van der Waals surface area contributed by atoms with Crippen LogP contribution in [0, 0.1) is 0 Å². The maximum atomic E-state index is 11.6. The zero-order valence-corrected chi connectivity index (χ0v) is 11.1. The van der Waals surface area contributed by atoms with Gasteiger partial charge < -0.3 is 0 Å². The fourth-order valence-electron chi connectivity index (χ4n) is 1.59. The van der Waals surface area contributed by atoms with E-state index in [-0.39, 0.29) is 68.0 Å². The van der Waals surface area contributed by atoms with Crippen molar-refractivity contribution in [2.45, 2.75) is 6.42 Å². The Hall–Kier alpha value is -0.0236. The first-order valence-corrected chi connectivity index (χ1v) is 6.12. The van der Waals surface area contributed by atoms with E-state index in [1.165, 1.54) is 0 Å². The molecule has 7 heteroatoms. The second kappa shape index (κ2) is 8.30. The number of rotatable bonds is 2. The van der Waals surface area contributed by atoms with E-state index >= 15 is 0 Å². The van der Waals surface area contributed by atoms with Crippen molar-refractivity contribution < 1.29 is 4.79 Å². The SMILES string of the molecule is O=C(Cc1ccc2ncccc2c1)NNC(=S)S.[KH]. The predicted octanol–water partition coefficient (Wildman–Crippen LogP) is 0.964. The van der Waals surface area contributed by atoms with Crippen molar-refractivity contribution in [3.8, 4) is 0 Å². The number of hydrogen-bond acceptors (Lipinski definition) is 3. The molecule has 94 valence electrons. The Morgan fingerprint density at radius 2 is 2.11 bits per heavy atom. The van der Waals surface area contributed by atoms with E-state index < -0.39 is 0 Å². The van der Waals surface area contributed by atoms with Crippen LogP contribution < -0.4 is 10.9 Å². The van der Waals surface area contributed by atoms with Gasteiger partial charge in [-0.3, -0.25) is 20.6 Å². The number of nitrogens with zero attached hydrogens (tertiary/aromatic N) is 1. The molecule has 2 N–H and O–H groups in total. The number of carbonyl (C=O) groups is 1. The van der Waals surface area contributed by atoms with Crippen LogP contribution in [0.4, 0.5) is 0 Å². The third-order valence-corrected chi connectivity index (χ3v) is 2.55. The molecule has 0 radical (unpaired) electrons. The Balaban J connectivity index is 0.00000180. The van der Waals surface area contributed by atoms with Crippen molar-refractivity contribution in [1.82, 2.24) is 15.8 Å². The molecule has 1 amide bonds. The molecule has 1 heterocycles. The molecule has 4 nitrogen and oxygen atoms in total. The molecule has 0 aliphatic carbocycles. The van der Waals surface area contributed by atoms with Crippen LogP contribution in [0.15, 0.2) is 36.5 Å². The van der Waals surface area contributed by atoms with Crippen LogP contribution in [0.5, 0.6) is 0 Å². The van der Waals surface area contributed by atoms with E-state index in [1.807, 2.05) is 30.3 Å². The zero-order chi connectivity index (χ0) is 13.0. The van der Waals surface area contributed by atoms with E-state index in [1.54, 1.807) is 6.20 Å². The summed E-state index contributed by atoms with van der Waals surface area (Å²) in [6, 6.07) is 9.56. The zero-order valence-electron chi connectivity index (χ0n) is 9.38. The van der Waals surface area contributed by atoms with Gasteiger partial charge in [-0.15, -0.1) is 12.6 Å². The second-order valence-electron chi connectivity index (χ2n) is 3.69. The van der Waals surface area contributed by atoms with Crippen LogP contribution in [0.1, 0.15) is 5.56 Å². The number of nitrogens with one attached hydrogen (secondary N) is 2. The Morgan fingerprint density at radius 1 is 1.32 bits per heavy atom. The van der Waals surface area contributed by atoms with E-state index in [0.29, 0.717) is 0 Å². The molecule has 0 unspecified atom stereocenters. The number of amides is 1. The quantitative estimate of drug-likeness (QED) is 0.334. The first-order chi connectivity index (χ1) is 8.65. The molecule has 1 aromatic carbocycles. The Labute approximate surface area is 164 Å². The minimum atomic E-state index is -0.172. The van der Waals surface area contributed by atoms with Crippen LogP contribution in [-0.4, -0.2) is 66.6 Å². The van der Waals surface area contributed by atoms with Crippen LogP contribution in [0.25, 0.3) is 10.9 Å². The van der Waals surface area contributed by atoms with Gasteiger partial charge in [-0.1, -0.05) is 24.4 Å². The van der Waals surface area contributed by atoms with E-state index in [0.717, 1.165) is 16.5 Å². The third kappa shape index (κ3) is 5.46. The topological polar surface area (TPSA) is 54.0 Å². The van der Waals surface area contributed by atoms with E-state index in [9.17, 15) is 4.79 Å². The van der Waals surface area contributed by atoms with E-state index in [4.69, 9.17) is 0 Å². The van der Waals surface area contributed by atoms with Crippen LogP contribution in [-0.2, 0) is 11.2 Å². The average Bonchev–Trinajstić information content (AvgIpc) is 2.36. The summed E-state index contributed by atoms with van der Waals surface area (Å²) in [5.41, 5.74) is 6.77. The van der Waals surface area contributed by atoms with Gasteiger partial charge in [0.05, 0.1) is 11.9 Å². The minimum absolute atomic E-state index is 0. The molecule has 0 saturated carbocycles. The van der Waals surface area contributed by atoms with Crippen molar-refractivity contribution >= 4 is 97.4 Å². The summed E-state index contributed by atoms with van der Waals surface area (Å²) in [6.45, 7) is 0. The van der Waals surface area contributed by atoms with Crippen molar-refractivity contribution in [1.29, 1.82) is 0 Å². The molecular weight excluding hydrogens is 305 g/mol. The number of hydrogen-bond donors (Lipinski definition) is 3. The molecule has 0 aliphatic rings. The number of hydrazine groups is 1.